The average molecular weight is 153 g/mol. The van der Waals surface area contributed by atoms with Gasteiger partial charge in [-0.1, -0.05) is 0 Å². The molecule has 0 aromatic carbocycles. The zero-order chi connectivity index (χ0) is 8.27. The standard InChI is InChI=1S/C7H11N3O/c1-5(2)11-7-9-3-6(8)4-10-7/h3-5H,8H2,1-2H3. The van der Waals surface area contributed by atoms with Gasteiger partial charge in [0.1, 0.15) is 0 Å². The summed E-state index contributed by atoms with van der Waals surface area (Å²) in [7, 11) is 0. The fourth-order valence-corrected chi connectivity index (χ4v) is 0.598. The quantitative estimate of drug-likeness (QED) is 0.684. The molecule has 0 aliphatic rings. The van der Waals surface area contributed by atoms with Gasteiger partial charge in [-0.2, -0.15) is 0 Å². The number of aromatic nitrogens is 2. The summed E-state index contributed by atoms with van der Waals surface area (Å²) in [6, 6.07) is 0.370. The Morgan fingerprint density at radius 3 is 2.36 bits per heavy atom. The van der Waals surface area contributed by atoms with Crippen LogP contribution in [0.25, 0.3) is 0 Å². The van der Waals surface area contributed by atoms with Gasteiger partial charge in [0.05, 0.1) is 24.2 Å². The Morgan fingerprint density at radius 1 is 1.36 bits per heavy atom. The Hall–Kier alpha value is -1.32. The Balaban J connectivity index is 2.66. The normalized spacial score (nSPS) is 10.1. The van der Waals surface area contributed by atoms with Gasteiger partial charge < -0.3 is 10.5 Å². The van der Waals surface area contributed by atoms with Crippen LogP contribution in [0.15, 0.2) is 12.4 Å². The Labute approximate surface area is 65.4 Å². The van der Waals surface area contributed by atoms with Gasteiger partial charge in [-0.05, 0) is 13.8 Å². The highest BCUT2D eigenvalue weighted by Gasteiger charge is 1.98. The van der Waals surface area contributed by atoms with Crippen molar-refractivity contribution < 1.29 is 4.74 Å². The molecule has 60 valence electrons. The van der Waals surface area contributed by atoms with E-state index < -0.39 is 0 Å². The van der Waals surface area contributed by atoms with E-state index in [0.717, 1.165) is 0 Å². The van der Waals surface area contributed by atoms with Gasteiger partial charge >= 0.3 is 6.01 Å². The number of hydrogen-bond donors (Lipinski definition) is 1. The molecule has 0 saturated heterocycles. The number of rotatable bonds is 2. The Morgan fingerprint density at radius 2 is 1.91 bits per heavy atom. The zero-order valence-corrected chi connectivity index (χ0v) is 6.61. The van der Waals surface area contributed by atoms with Crippen LogP contribution >= 0.6 is 0 Å². The smallest absolute Gasteiger partial charge is 0.316 e. The van der Waals surface area contributed by atoms with Gasteiger partial charge in [-0.3, -0.25) is 0 Å². The number of nitrogens with zero attached hydrogens (tertiary/aromatic N) is 2. The molecule has 0 unspecified atom stereocenters. The highest BCUT2D eigenvalue weighted by Crippen LogP contribution is 2.04. The lowest BCUT2D eigenvalue weighted by molar-refractivity contribution is 0.222. The van der Waals surface area contributed by atoms with Crippen molar-refractivity contribution in [3.05, 3.63) is 12.4 Å². The molecule has 1 rings (SSSR count). The third-order valence-corrected chi connectivity index (χ3v) is 0.989. The zero-order valence-electron chi connectivity index (χ0n) is 6.61. The van der Waals surface area contributed by atoms with Crippen LogP contribution < -0.4 is 10.5 Å². The van der Waals surface area contributed by atoms with Crippen LogP contribution in [-0.2, 0) is 0 Å². The molecule has 4 heteroatoms. The maximum atomic E-state index is 5.38. The van der Waals surface area contributed by atoms with Crippen molar-refractivity contribution in [1.29, 1.82) is 0 Å². The molecule has 0 spiro atoms. The van der Waals surface area contributed by atoms with E-state index >= 15 is 0 Å². The summed E-state index contributed by atoms with van der Waals surface area (Å²) in [4.78, 5) is 7.72. The fourth-order valence-electron chi connectivity index (χ4n) is 0.598. The third kappa shape index (κ3) is 2.41. The number of ether oxygens (including phenoxy) is 1. The lowest BCUT2D eigenvalue weighted by Gasteiger charge is -2.05. The molecule has 0 atom stereocenters. The van der Waals surface area contributed by atoms with Gasteiger partial charge in [0.25, 0.3) is 0 Å². The fraction of sp³-hybridized carbons (Fsp3) is 0.429. The third-order valence-electron chi connectivity index (χ3n) is 0.989. The first-order valence-corrected chi connectivity index (χ1v) is 3.42. The molecular formula is C7H11N3O. The molecule has 1 heterocycles. The van der Waals surface area contributed by atoms with Gasteiger partial charge in [-0.25, -0.2) is 9.97 Å². The molecular weight excluding hydrogens is 142 g/mol. The van der Waals surface area contributed by atoms with Gasteiger partial charge in [0, 0.05) is 0 Å². The first kappa shape index (κ1) is 7.78. The molecule has 0 aliphatic heterocycles. The number of hydrogen-bond acceptors (Lipinski definition) is 4. The highest BCUT2D eigenvalue weighted by atomic mass is 16.5. The van der Waals surface area contributed by atoms with Crippen molar-refractivity contribution in [3.63, 3.8) is 0 Å². The van der Waals surface area contributed by atoms with E-state index in [-0.39, 0.29) is 6.10 Å². The minimum absolute atomic E-state index is 0.0959. The second-order valence-electron chi connectivity index (χ2n) is 2.47. The van der Waals surface area contributed by atoms with Crippen LogP contribution in [0.1, 0.15) is 13.8 Å². The van der Waals surface area contributed by atoms with Crippen LogP contribution in [0, 0.1) is 0 Å². The summed E-state index contributed by atoms with van der Waals surface area (Å²) in [5.41, 5.74) is 5.92. The van der Waals surface area contributed by atoms with Crippen LogP contribution in [0.3, 0.4) is 0 Å². The number of nitrogen functional groups attached to an aromatic ring is 1. The maximum Gasteiger partial charge on any atom is 0.316 e. The Bertz CT molecular complexity index is 220. The minimum atomic E-state index is 0.0959. The molecule has 0 saturated carbocycles. The van der Waals surface area contributed by atoms with Gasteiger partial charge in [-0.15, -0.1) is 0 Å². The average Bonchev–Trinajstić information content (AvgIpc) is 1.93. The first-order chi connectivity index (χ1) is 5.18. The van der Waals surface area contributed by atoms with Crippen molar-refractivity contribution in [2.75, 3.05) is 5.73 Å². The molecule has 0 amide bonds. The molecule has 4 nitrogen and oxygen atoms in total. The molecule has 0 fully saturated rings. The summed E-state index contributed by atoms with van der Waals surface area (Å²) in [5.74, 6) is 0. The summed E-state index contributed by atoms with van der Waals surface area (Å²) in [6.07, 6.45) is 3.13. The molecule has 1 aromatic heterocycles. The molecule has 11 heavy (non-hydrogen) atoms. The van der Waals surface area contributed by atoms with Crippen LogP contribution in [0.2, 0.25) is 0 Å². The van der Waals surface area contributed by atoms with Crippen LogP contribution in [0.4, 0.5) is 5.69 Å². The monoisotopic (exact) mass is 153 g/mol. The van der Waals surface area contributed by atoms with Crippen LogP contribution in [0.5, 0.6) is 6.01 Å². The SMILES string of the molecule is CC(C)Oc1ncc(N)cn1. The molecule has 0 radical (unpaired) electrons. The molecule has 1 aromatic rings. The topological polar surface area (TPSA) is 61.0 Å². The minimum Gasteiger partial charge on any atom is -0.461 e. The van der Waals surface area contributed by atoms with E-state index in [9.17, 15) is 0 Å². The van der Waals surface area contributed by atoms with Crippen molar-refractivity contribution >= 4 is 5.69 Å². The largest absolute Gasteiger partial charge is 0.461 e. The van der Waals surface area contributed by atoms with E-state index in [1.807, 2.05) is 13.8 Å². The second kappa shape index (κ2) is 3.18. The summed E-state index contributed by atoms with van der Waals surface area (Å²) in [6.45, 7) is 3.83. The molecule has 0 bridgehead atoms. The van der Waals surface area contributed by atoms with Crippen molar-refractivity contribution in [3.8, 4) is 6.01 Å². The predicted molar refractivity (Wildman–Crippen MR) is 42.2 cm³/mol. The first-order valence-electron chi connectivity index (χ1n) is 3.42. The highest BCUT2D eigenvalue weighted by molar-refractivity contribution is 5.30. The van der Waals surface area contributed by atoms with Gasteiger partial charge in [0.15, 0.2) is 0 Å². The van der Waals surface area contributed by atoms with E-state index in [1.54, 1.807) is 0 Å². The van der Waals surface area contributed by atoms with Gasteiger partial charge in [0.2, 0.25) is 0 Å². The summed E-state index contributed by atoms with van der Waals surface area (Å²) in [5, 5.41) is 0. The van der Waals surface area contributed by atoms with E-state index in [2.05, 4.69) is 9.97 Å². The molecule has 2 N–H and O–H groups in total. The van der Waals surface area contributed by atoms with Crippen molar-refractivity contribution in [2.45, 2.75) is 20.0 Å². The van der Waals surface area contributed by atoms with E-state index in [4.69, 9.17) is 10.5 Å². The molecule has 0 aliphatic carbocycles. The summed E-state index contributed by atoms with van der Waals surface area (Å²) < 4.78 is 5.19. The van der Waals surface area contributed by atoms with E-state index in [0.29, 0.717) is 11.7 Å². The predicted octanol–water partition coefficient (Wildman–Crippen LogP) is 0.846. The number of nitrogens with two attached hydrogens (primary N) is 1. The van der Waals surface area contributed by atoms with Crippen LogP contribution in [-0.4, -0.2) is 16.1 Å². The summed E-state index contributed by atoms with van der Waals surface area (Å²) >= 11 is 0. The lowest BCUT2D eigenvalue weighted by atomic mass is 10.5. The second-order valence-corrected chi connectivity index (χ2v) is 2.47. The maximum absolute atomic E-state index is 5.38. The Kier molecular flexibility index (Phi) is 2.25. The lowest BCUT2D eigenvalue weighted by Crippen LogP contribution is -2.08. The van der Waals surface area contributed by atoms with E-state index in [1.165, 1.54) is 12.4 Å². The van der Waals surface area contributed by atoms with Crippen molar-refractivity contribution in [1.82, 2.24) is 9.97 Å². The number of anilines is 1. The van der Waals surface area contributed by atoms with Crippen molar-refractivity contribution in [2.24, 2.45) is 0 Å².